The van der Waals surface area contributed by atoms with Gasteiger partial charge in [0.1, 0.15) is 5.75 Å². The van der Waals surface area contributed by atoms with Gasteiger partial charge in [0.25, 0.3) is 5.91 Å². The Labute approximate surface area is 129 Å². The predicted octanol–water partition coefficient (Wildman–Crippen LogP) is 3.73. The van der Waals surface area contributed by atoms with Gasteiger partial charge in [-0.15, -0.1) is 0 Å². The SMILES string of the molecule is CC(C)(C)c1cc(C(=O)n2ccc3ncccc32)ccc1O. The fourth-order valence-corrected chi connectivity index (χ4v) is 2.55. The third-order valence-electron chi connectivity index (χ3n) is 3.73. The van der Waals surface area contributed by atoms with Crippen molar-refractivity contribution in [2.24, 2.45) is 0 Å². The van der Waals surface area contributed by atoms with Crippen molar-refractivity contribution < 1.29 is 9.90 Å². The number of rotatable bonds is 1. The molecule has 112 valence electrons. The van der Waals surface area contributed by atoms with E-state index in [1.807, 2.05) is 39.0 Å². The van der Waals surface area contributed by atoms with E-state index in [0.717, 1.165) is 16.6 Å². The zero-order valence-electron chi connectivity index (χ0n) is 12.9. The first kappa shape index (κ1) is 14.3. The maximum absolute atomic E-state index is 12.8. The maximum atomic E-state index is 12.8. The van der Waals surface area contributed by atoms with Crippen LogP contribution >= 0.6 is 0 Å². The molecule has 0 fully saturated rings. The molecule has 2 heterocycles. The first-order valence-corrected chi connectivity index (χ1v) is 7.18. The van der Waals surface area contributed by atoms with Crippen LogP contribution in [0.25, 0.3) is 11.0 Å². The number of hydrogen-bond acceptors (Lipinski definition) is 3. The van der Waals surface area contributed by atoms with E-state index in [2.05, 4.69) is 4.98 Å². The first-order valence-electron chi connectivity index (χ1n) is 7.18. The maximum Gasteiger partial charge on any atom is 0.262 e. The van der Waals surface area contributed by atoms with E-state index in [9.17, 15) is 9.90 Å². The van der Waals surface area contributed by atoms with Crippen LogP contribution in [0.1, 0.15) is 36.7 Å². The van der Waals surface area contributed by atoms with E-state index >= 15 is 0 Å². The second-order valence-corrected chi connectivity index (χ2v) is 6.38. The molecule has 1 N–H and O–H groups in total. The number of carbonyl (C=O) groups is 1. The molecular formula is C18H18N2O2. The molecule has 3 rings (SSSR count). The number of phenolic OH excluding ortho intramolecular Hbond substituents is 1. The summed E-state index contributed by atoms with van der Waals surface area (Å²) < 4.78 is 1.58. The summed E-state index contributed by atoms with van der Waals surface area (Å²) in [6.07, 6.45) is 3.43. The van der Waals surface area contributed by atoms with Crippen LogP contribution in [-0.4, -0.2) is 20.6 Å². The van der Waals surface area contributed by atoms with Crippen molar-refractivity contribution in [3.05, 3.63) is 59.9 Å². The van der Waals surface area contributed by atoms with E-state index in [-0.39, 0.29) is 17.1 Å². The molecule has 0 saturated heterocycles. The van der Waals surface area contributed by atoms with Crippen LogP contribution in [0.5, 0.6) is 5.75 Å². The van der Waals surface area contributed by atoms with Crippen molar-refractivity contribution in [3.8, 4) is 5.75 Å². The molecule has 0 aliphatic heterocycles. The summed E-state index contributed by atoms with van der Waals surface area (Å²) in [5, 5.41) is 10.0. The van der Waals surface area contributed by atoms with Gasteiger partial charge in [-0.25, -0.2) is 0 Å². The minimum Gasteiger partial charge on any atom is -0.508 e. The van der Waals surface area contributed by atoms with E-state index in [4.69, 9.17) is 0 Å². The van der Waals surface area contributed by atoms with Crippen molar-refractivity contribution in [3.63, 3.8) is 0 Å². The molecule has 2 aromatic heterocycles. The summed E-state index contributed by atoms with van der Waals surface area (Å²) in [7, 11) is 0. The molecule has 0 atom stereocenters. The monoisotopic (exact) mass is 294 g/mol. The molecule has 4 heteroatoms. The lowest BCUT2D eigenvalue weighted by atomic mass is 9.85. The molecule has 4 nitrogen and oxygen atoms in total. The highest BCUT2D eigenvalue weighted by atomic mass is 16.3. The van der Waals surface area contributed by atoms with Crippen molar-refractivity contribution in [2.75, 3.05) is 0 Å². The van der Waals surface area contributed by atoms with Crippen LogP contribution in [0.3, 0.4) is 0 Å². The van der Waals surface area contributed by atoms with Gasteiger partial charge in [-0.1, -0.05) is 20.8 Å². The zero-order valence-corrected chi connectivity index (χ0v) is 12.9. The van der Waals surface area contributed by atoms with Gasteiger partial charge in [0.05, 0.1) is 11.0 Å². The molecular weight excluding hydrogens is 276 g/mol. The Morgan fingerprint density at radius 2 is 1.95 bits per heavy atom. The third kappa shape index (κ3) is 2.37. The Hall–Kier alpha value is -2.62. The highest BCUT2D eigenvalue weighted by Gasteiger charge is 2.21. The van der Waals surface area contributed by atoms with Crippen molar-refractivity contribution >= 4 is 16.9 Å². The Morgan fingerprint density at radius 3 is 2.68 bits per heavy atom. The number of fused-ring (bicyclic) bond motifs is 1. The Bertz CT molecular complexity index is 857. The molecule has 0 spiro atoms. The van der Waals surface area contributed by atoms with Gasteiger partial charge < -0.3 is 5.11 Å². The van der Waals surface area contributed by atoms with Gasteiger partial charge in [0.15, 0.2) is 0 Å². The van der Waals surface area contributed by atoms with Crippen LogP contribution in [0.15, 0.2) is 48.8 Å². The summed E-state index contributed by atoms with van der Waals surface area (Å²) in [6, 6.07) is 10.5. The Balaban J connectivity index is 2.10. The highest BCUT2D eigenvalue weighted by molar-refractivity contribution is 6.01. The second-order valence-electron chi connectivity index (χ2n) is 6.38. The quantitative estimate of drug-likeness (QED) is 0.744. The Kier molecular flexibility index (Phi) is 3.24. The average molecular weight is 294 g/mol. The Morgan fingerprint density at radius 1 is 1.18 bits per heavy atom. The number of aromatic hydroxyl groups is 1. The van der Waals surface area contributed by atoms with Crippen LogP contribution in [-0.2, 0) is 5.41 Å². The third-order valence-corrected chi connectivity index (χ3v) is 3.73. The lowest BCUT2D eigenvalue weighted by Crippen LogP contribution is -2.15. The fraction of sp³-hybridized carbons (Fsp3) is 0.222. The molecule has 3 aromatic rings. The number of carbonyl (C=O) groups excluding carboxylic acids is 1. The van der Waals surface area contributed by atoms with Gasteiger partial charge in [-0.2, -0.15) is 0 Å². The van der Waals surface area contributed by atoms with Crippen LogP contribution in [0, 0.1) is 0 Å². The number of hydrogen-bond donors (Lipinski definition) is 1. The molecule has 22 heavy (non-hydrogen) atoms. The predicted molar refractivity (Wildman–Crippen MR) is 86.3 cm³/mol. The molecule has 0 aliphatic rings. The van der Waals surface area contributed by atoms with E-state index < -0.39 is 0 Å². The first-order chi connectivity index (χ1) is 10.4. The summed E-state index contributed by atoms with van der Waals surface area (Å²) in [5.41, 5.74) is 2.63. The van der Waals surface area contributed by atoms with E-state index in [1.54, 1.807) is 35.2 Å². The van der Waals surface area contributed by atoms with Crippen molar-refractivity contribution in [2.45, 2.75) is 26.2 Å². The summed E-state index contributed by atoms with van der Waals surface area (Å²) in [6.45, 7) is 6.02. The number of nitrogens with zero attached hydrogens (tertiary/aromatic N) is 2. The standard InChI is InChI=1S/C18H18N2O2/c1-18(2,3)13-11-12(6-7-16(13)21)17(22)20-10-8-14-15(20)5-4-9-19-14/h4-11,21H,1-3H3. The topological polar surface area (TPSA) is 55.1 Å². The van der Waals surface area contributed by atoms with Gasteiger partial charge in [-0.3, -0.25) is 14.3 Å². The van der Waals surface area contributed by atoms with E-state index in [1.165, 1.54) is 0 Å². The number of aromatic nitrogens is 2. The lowest BCUT2D eigenvalue weighted by molar-refractivity contribution is 0.0965. The van der Waals surface area contributed by atoms with E-state index in [0.29, 0.717) is 5.56 Å². The number of pyridine rings is 1. The van der Waals surface area contributed by atoms with Gasteiger partial charge in [-0.05, 0) is 41.8 Å². The molecule has 1 aromatic carbocycles. The smallest absolute Gasteiger partial charge is 0.262 e. The van der Waals surface area contributed by atoms with Crippen molar-refractivity contribution in [1.82, 2.24) is 9.55 Å². The number of phenols is 1. The molecule has 0 bridgehead atoms. The molecule has 0 unspecified atom stereocenters. The lowest BCUT2D eigenvalue weighted by Gasteiger charge is -2.21. The number of benzene rings is 1. The highest BCUT2D eigenvalue weighted by Crippen LogP contribution is 2.31. The minimum atomic E-state index is -0.235. The molecule has 0 aliphatic carbocycles. The molecule has 0 amide bonds. The fourth-order valence-electron chi connectivity index (χ4n) is 2.55. The average Bonchev–Trinajstić information content (AvgIpc) is 2.89. The zero-order chi connectivity index (χ0) is 15.9. The summed E-state index contributed by atoms with van der Waals surface area (Å²) in [4.78, 5) is 17.0. The molecule has 0 saturated carbocycles. The normalized spacial score (nSPS) is 11.8. The van der Waals surface area contributed by atoms with Crippen molar-refractivity contribution in [1.29, 1.82) is 0 Å². The largest absolute Gasteiger partial charge is 0.508 e. The van der Waals surface area contributed by atoms with Gasteiger partial charge >= 0.3 is 0 Å². The van der Waals surface area contributed by atoms with Crippen LogP contribution in [0.4, 0.5) is 0 Å². The minimum absolute atomic E-state index is 0.131. The summed E-state index contributed by atoms with van der Waals surface area (Å²) >= 11 is 0. The van der Waals surface area contributed by atoms with Gasteiger partial charge in [0.2, 0.25) is 0 Å². The van der Waals surface area contributed by atoms with Gasteiger partial charge in [0, 0.05) is 23.5 Å². The second kappa shape index (κ2) is 4.98. The summed E-state index contributed by atoms with van der Waals surface area (Å²) in [5.74, 6) is 0.0802. The van der Waals surface area contributed by atoms with Crippen LogP contribution < -0.4 is 0 Å². The van der Waals surface area contributed by atoms with Crippen LogP contribution in [0.2, 0.25) is 0 Å². The molecule has 0 radical (unpaired) electrons.